The van der Waals surface area contributed by atoms with Crippen LogP contribution in [0.15, 0.2) is 60.8 Å². The highest BCUT2D eigenvalue weighted by atomic mass is 31.2. The van der Waals surface area contributed by atoms with Gasteiger partial charge < -0.3 is 27.9 Å². The largest absolute Gasteiger partial charge is 0.756 e. The van der Waals surface area contributed by atoms with E-state index in [0.29, 0.717) is 24.1 Å². The van der Waals surface area contributed by atoms with Crippen LogP contribution < -0.4 is 4.89 Å². The van der Waals surface area contributed by atoms with Gasteiger partial charge in [-0.05, 0) is 83.5 Å². The van der Waals surface area contributed by atoms with Crippen molar-refractivity contribution in [2.75, 3.05) is 54.1 Å². The van der Waals surface area contributed by atoms with Gasteiger partial charge in [-0.2, -0.15) is 0 Å². The highest BCUT2D eigenvalue weighted by Crippen LogP contribution is 2.38. The summed E-state index contributed by atoms with van der Waals surface area (Å²) < 4.78 is 34.7. The van der Waals surface area contributed by atoms with Crippen molar-refractivity contribution in [3.05, 3.63) is 60.8 Å². The summed E-state index contributed by atoms with van der Waals surface area (Å²) in [5.74, 6) is -0.346. The number of rotatable bonds is 46. The molecule has 9 heteroatoms. The van der Waals surface area contributed by atoms with Crippen molar-refractivity contribution in [3.8, 4) is 0 Å². The van der Waals surface area contributed by atoms with Gasteiger partial charge in [0.15, 0.2) is 0 Å². The predicted molar refractivity (Wildman–Crippen MR) is 259 cm³/mol. The topological polar surface area (TPSA) is 94.1 Å². The molecule has 61 heavy (non-hydrogen) atoms. The number of phosphoric ester groups is 1. The SMILES string of the molecule is CCCCC/C=C\C/C=C\CCCCCCCCOCC(COP(=O)([O-])OCC[N+](C)(C)C)OC(=O)CCCCCCCCCC/C=C\C/C=C\C/C=C\CCCCCCC. The van der Waals surface area contributed by atoms with E-state index >= 15 is 0 Å². The molecule has 0 heterocycles. The molecule has 0 aromatic rings. The molecule has 0 bridgehead atoms. The number of quaternary nitrogens is 1. The number of hydrogen-bond donors (Lipinski definition) is 0. The summed E-state index contributed by atoms with van der Waals surface area (Å²) in [5, 5.41) is 0. The molecule has 0 aliphatic carbocycles. The minimum Gasteiger partial charge on any atom is -0.756 e. The van der Waals surface area contributed by atoms with E-state index in [1.807, 2.05) is 21.1 Å². The van der Waals surface area contributed by atoms with Crippen molar-refractivity contribution in [3.63, 3.8) is 0 Å². The van der Waals surface area contributed by atoms with Gasteiger partial charge in [-0.25, -0.2) is 0 Å². The first kappa shape index (κ1) is 59.2. The first-order valence-corrected chi connectivity index (χ1v) is 26.5. The number of nitrogens with zero attached hydrogens (tertiary/aromatic N) is 1. The van der Waals surface area contributed by atoms with Crippen LogP contribution in [0.5, 0.6) is 0 Å². The minimum atomic E-state index is -4.54. The fraction of sp³-hybridized carbons (Fsp3) is 0.788. The molecule has 0 aliphatic rings. The van der Waals surface area contributed by atoms with Gasteiger partial charge in [-0.15, -0.1) is 0 Å². The first-order chi connectivity index (χ1) is 29.6. The summed E-state index contributed by atoms with van der Waals surface area (Å²) >= 11 is 0. The maximum atomic E-state index is 12.7. The van der Waals surface area contributed by atoms with Gasteiger partial charge in [0.1, 0.15) is 19.3 Å². The van der Waals surface area contributed by atoms with Crippen molar-refractivity contribution in [2.24, 2.45) is 0 Å². The average molecular weight is 878 g/mol. The lowest BCUT2D eigenvalue weighted by Crippen LogP contribution is -2.37. The number of esters is 1. The highest BCUT2D eigenvalue weighted by Gasteiger charge is 2.20. The molecule has 8 nitrogen and oxygen atoms in total. The average Bonchev–Trinajstić information content (AvgIpc) is 3.22. The molecule has 0 saturated carbocycles. The Hall–Kier alpha value is -1.80. The maximum absolute atomic E-state index is 12.7. The van der Waals surface area contributed by atoms with Gasteiger partial charge in [0.2, 0.25) is 0 Å². The summed E-state index contributed by atoms with van der Waals surface area (Å²) in [5.41, 5.74) is 0. The zero-order valence-corrected chi connectivity index (χ0v) is 41.2. The number of ether oxygens (including phenoxy) is 2. The van der Waals surface area contributed by atoms with Gasteiger partial charge in [0.25, 0.3) is 7.82 Å². The number of carbonyl (C=O) groups is 1. The highest BCUT2D eigenvalue weighted by molar-refractivity contribution is 7.45. The third kappa shape index (κ3) is 49.1. The molecule has 0 saturated heterocycles. The molecule has 0 aromatic carbocycles. The van der Waals surface area contributed by atoms with E-state index in [9.17, 15) is 14.3 Å². The summed E-state index contributed by atoms with van der Waals surface area (Å²) in [7, 11) is 1.34. The van der Waals surface area contributed by atoms with Crippen molar-refractivity contribution in [1.29, 1.82) is 0 Å². The van der Waals surface area contributed by atoms with Gasteiger partial charge in [0.05, 0.1) is 34.4 Å². The summed E-state index contributed by atoms with van der Waals surface area (Å²) in [4.78, 5) is 25.2. The van der Waals surface area contributed by atoms with Crippen LogP contribution in [0, 0.1) is 0 Å². The number of likely N-dealkylation sites (N-methyl/N-ethyl adjacent to an activating group) is 1. The summed E-state index contributed by atoms with van der Waals surface area (Å²) in [6, 6.07) is 0. The van der Waals surface area contributed by atoms with Crippen LogP contribution in [0.4, 0.5) is 0 Å². The Morgan fingerprint density at radius 3 is 1.38 bits per heavy atom. The third-order valence-electron chi connectivity index (χ3n) is 10.5. The Labute approximate surface area is 377 Å². The Kier molecular flexibility index (Phi) is 43.5. The molecule has 0 rings (SSSR count). The van der Waals surface area contributed by atoms with Gasteiger partial charge in [0, 0.05) is 13.0 Å². The quantitative estimate of drug-likeness (QED) is 0.0198. The van der Waals surface area contributed by atoms with E-state index < -0.39 is 13.9 Å². The Balaban J connectivity index is 4.19. The zero-order chi connectivity index (χ0) is 44.8. The number of unbranched alkanes of at least 4 members (excludes halogenated alkanes) is 22. The van der Waals surface area contributed by atoms with E-state index in [2.05, 4.69) is 74.6 Å². The number of phosphoric acid groups is 1. The normalized spacial score (nSPS) is 14.1. The van der Waals surface area contributed by atoms with Crippen LogP contribution in [0.25, 0.3) is 0 Å². The summed E-state index contributed by atoms with van der Waals surface area (Å²) in [6.45, 7) is 5.34. The van der Waals surface area contributed by atoms with E-state index in [0.717, 1.165) is 70.6 Å². The molecule has 2 unspecified atom stereocenters. The molecule has 0 spiro atoms. The van der Waals surface area contributed by atoms with E-state index in [4.69, 9.17) is 18.5 Å². The Morgan fingerprint density at radius 1 is 0.508 bits per heavy atom. The lowest BCUT2D eigenvalue weighted by atomic mass is 10.1. The first-order valence-electron chi connectivity index (χ1n) is 25.0. The van der Waals surface area contributed by atoms with Crippen molar-refractivity contribution >= 4 is 13.8 Å². The molecular formula is C52H96NO7P. The number of allylic oxidation sites excluding steroid dienone is 10. The molecular weight excluding hydrogens is 782 g/mol. The van der Waals surface area contributed by atoms with Gasteiger partial charge in [-0.3, -0.25) is 9.36 Å². The molecule has 0 amide bonds. The monoisotopic (exact) mass is 878 g/mol. The van der Waals surface area contributed by atoms with Crippen molar-refractivity contribution < 1.29 is 37.3 Å². The molecule has 0 N–H and O–H groups in total. The molecule has 0 aliphatic heterocycles. The second kappa shape index (κ2) is 44.8. The van der Waals surface area contributed by atoms with Crippen LogP contribution in [0.3, 0.4) is 0 Å². The second-order valence-electron chi connectivity index (χ2n) is 17.8. The molecule has 0 fully saturated rings. The zero-order valence-electron chi connectivity index (χ0n) is 40.4. The maximum Gasteiger partial charge on any atom is 0.306 e. The second-order valence-corrected chi connectivity index (χ2v) is 19.2. The van der Waals surface area contributed by atoms with Crippen LogP contribution in [-0.4, -0.2) is 70.7 Å². The fourth-order valence-electron chi connectivity index (χ4n) is 6.64. The number of hydrogen-bond acceptors (Lipinski definition) is 7. The smallest absolute Gasteiger partial charge is 0.306 e. The third-order valence-corrected chi connectivity index (χ3v) is 11.5. The van der Waals surface area contributed by atoms with Crippen molar-refractivity contribution in [2.45, 2.75) is 213 Å². The fourth-order valence-corrected chi connectivity index (χ4v) is 7.37. The number of carbonyl (C=O) groups excluding carboxylic acids is 1. The van der Waals surface area contributed by atoms with Crippen LogP contribution in [-0.2, 0) is 27.9 Å². The molecule has 356 valence electrons. The van der Waals surface area contributed by atoms with Gasteiger partial charge >= 0.3 is 5.97 Å². The lowest BCUT2D eigenvalue weighted by Gasteiger charge is -2.28. The van der Waals surface area contributed by atoms with Crippen LogP contribution in [0.1, 0.15) is 206 Å². The predicted octanol–water partition coefficient (Wildman–Crippen LogP) is 14.6. The Morgan fingerprint density at radius 2 is 0.902 bits per heavy atom. The lowest BCUT2D eigenvalue weighted by molar-refractivity contribution is -0.870. The molecule has 0 aromatic heterocycles. The standard InChI is InChI=1S/C52H96NO7P/c1-6-8-10-12-14-16-18-20-22-24-25-26-27-28-29-30-31-33-35-37-39-41-43-45-52(54)60-51(50-59-61(55,56)58-48-46-53(3,4)5)49-57-47-44-42-40-38-36-34-32-23-21-19-17-15-13-11-9-7-2/h15,17-18,20-21,23-25,27-28,51H,6-14,16,19,22,26,29-50H2,1-5H3/b17-15-,20-18-,23-21-,25-24-,28-27-. The Bertz CT molecular complexity index is 1160. The van der Waals surface area contributed by atoms with E-state index in [-0.39, 0.29) is 25.8 Å². The van der Waals surface area contributed by atoms with E-state index in [1.165, 1.54) is 116 Å². The molecule has 0 radical (unpaired) electrons. The van der Waals surface area contributed by atoms with E-state index in [1.54, 1.807) is 0 Å². The summed E-state index contributed by atoms with van der Waals surface area (Å²) in [6.07, 6.45) is 56.6. The van der Waals surface area contributed by atoms with Crippen LogP contribution >= 0.6 is 7.82 Å². The van der Waals surface area contributed by atoms with Gasteiger partial charge in [-0.1, -0.05) is 177 Å². The van der Waals surface area contributed by atoms with Crippen molar-refractivity contribution in [1.82, 2.24) is 0 Å². The molecule has 2 atom stereocenters. The van der Waals surface area contributed by atoms with Crippen LogP contribution in [0.2, 0.25) is 0 Å². The minimum absolute atomic E-state index is 0.0200.